The van der Waals surface area contributed by atoms with E-state index in [1.807, 2.05) is 4.90 Å². The number of carbonyl (C=O) groups is 1. The number of ether oxygens (including phenoxy) is 1. The highest BCUT2D eigenvalue weighted by molar-refractivity contribution is 5.73. The third kappa shape index (κ3) is 5.97. The van der Waals surface area contributed by atoms with Gasteiger partial charge in [0, 0.05) is 64.4 Å². The second kappa shape index (κ2) is 11.2. The fourth-order valence-corrected chi connectivity index (χ4v) is 5.26. The van der Waals surface area contributed by atoms with Crippen LogP contribution >= 0.6 is 0 Å². The van der Waals surface area contributed by atoms with Gasteiger partial charge in [-0.1, -0.05) is 0 Å². The standard InChI is InChI=1S/C26H31F4N7O3/c1-18(38)35-10-2-9-34(13-14-35)15-16-40-19-3-4-20(21(27)17-19)25(39)7-11-36(12-8-25)23-6-5-22-31-32-24(26(28,29)30)37(22)33-23/h3-6,17,39H,2,7-16H2,1H3. The number of fused-ring (bicyclic) bond motifs is 1. The summed E-state index contributed by atoms with van der Waals surface area (Å²) in [7, 11) is 0. The van der Waals surface area contributed by atoms with Gasteiger partial charge in [0.05, 0.1) is 5.60 Å². The number of carbonyl (C=O) groups excluding carboxylic acids is 1. The Morgan fingerprint density at radius 3 is 2.52 bits per heavy atom. The van der Waals surface area contributed by atoms with E-state index in [4.69, 9.17) is 4.74 Å². The van der Waals surface area contributed by atoms with Crippen molar-refractivity contribution in [3.63, 3.8) is 0 Å². The van der Waals surface area contributed by atoms with E-state index in [0.717, 1.165) is 26.1 Å². The van der Waals surface area contributed by atoms with Gasteiger partial charge in [0.15, 0.2) is 5.65 Å². The first-order valence-electron chi connectivity index (χ1n) is 13.2. The molecule has 0 unspecified atom stereocenters. The van der Waals surface area contributed by atoms with Crippen LogP contribution in [0.1, 0.15) is 37.6 Å². The molecule has 1 aromatic carbocycles. The topological polar surface area (TPSA) is 99.3 Å². The summed E-state index contributed by atoms with van der Waals surface area (Å²) < 4.78 is 61.2. The predicted molar refractivity (Wildman–Crippen MR) is 136 cm³/mol. The van der Waals surface area contributed by atoms with Gasteiger partial charge in [-0.05, 0) is 43.5 Å². The maximum Gasteiger partial charge on any atom is 0.453 e. The Hall–Kier alpha value is -3.52. The molecule has 0 spiro atoms. The Bertz CT molecular complexity index is 1360. The summed E-state index contributed by atoms with van der Waals surface area (Å²) in [5, 5.41) is 22.0. The maximum atomic E-state index is 15.1. The number of nitrogens with zero attached hydrogens (tertiary/aromatic N) is 7. The first-order valence-corrected chi connectivity index (χ1v) is 13.2. The summed E-state index contributed by atoms with van der Waals surface area (Å²) in [6.07, 6.45) is -3.50. The van der Waals surface area contributed by atoms with Crippen LogP contribution in [0.5, 0.6) is 5.75 Å². The summed E-state index contributed by atoms with van der Waals surface area (Å²) in [6, 6.07) is 7.36. The Morgan fingerprint density at radius 1 is 1.05 bits per heavy atom. The highest BCUT2D eigenvalue weighted by Crippen LogP contribution is 2.37. The molecule has 2 fully saturated rings. The zero-order valence-electron chi connectivity index (χ0n) is 22.1. The van der Waals surface area contributed by atoms with E-state index in [-0.39, 0.29) is 48.9 Å². The molecule has 0 aliphatic carbocycles. The lowest BCUT2D eigenvalue weighted by atomic mass is 9.84. The fraction of sp³-hybridized carbons (Fsp3) is 0.538. The predicted octanol–water partition coefficient (Wildman–Crippen LogP) is 2.70. The molecule has 216 valence electrons. The van der Waals surface area contributed by atoms with Crippen LogP contribution in [0.3, 0.4) is 0 Å². The molecular weight excluding hydrogens is 534 g/mol. The van der Waals surface area contributed by atoms with Crippen LogP contribution in [0, 0.1) is 5.82 Å². The van der Waals surface area contributed by atoms with Crippen molar-refractivity contribution in [2.24, 2.45) is 0 Å². The van der Waals surface area contributed by atoms with Crippen molar-refractivity contribution < 1.29 is 32.2 Å². The molecule has 2 aliphatic heterocycles. The van der Waals surface area contributed by atoms with Crippen molar-refractivity contribution in [1.82, 2.24) is 29.6 Å². The minimum atomic E-state index is -4.70. The fourth-order valence-electron chi connectivity index (χ4n) is 5.26. The molecule has 0 radical (unpaired) electrons. The number of aliphatic hydroxyl groups is 1. The highest BCUT2D eigenvalue weighted by Gasteiger charge is 2.39. The highest BCUT2D eigenvalue weighted by atomic mass is 19.4. The number of hydrogen-bond donors (Lipinski definition) is 1. The van der Waals surface area contributed by atoms with Crippen molar-refractivity contribution in [3.8, 4) is 5.75 Å². The molecule has 0 atom stereocenters. The second-order valence-electron chi connectivity index (χ2n) is 10.2. The minimum Gasteiger partial charge on any atom is -0.492 e. The van der Waals surface area contributed by atoms with E-state index in [9.17, 15) is 23.1 Å². The molecule has 2 saturated heterocycles. The average molecular weight is 566 g/mol. The molecule has 2 aliphatic rings. The summed E-state index contributed by atoms with van der Waals surface area (Å²) in [5.74, 6) is -1.09. The van der Waals surface area contributed by atoms with Gasteiger partial charge in [-0.25, -0.2) is 4.39 Å². The Balaban J connectivity index is 1.17. The number of alkyl halides is 3. The Morgan fingerprint density at radius 2 is 1.82 bits per heavy atom. The van der Waals surface area contributed by atoms with Gasteiger partial charge in [0.25, 0.3) is 5.82 Å². The lowest BCUT2D eigenvalue weighted by Crippen LogP contribution is -2.43. The summed E-state index contributed by atoms with van der Waals surface area (Å²) >= 11 is 0. The molecule has 14 heteroatoms. The number of piperidine rings is 1. The zero-order chi connectivity index (χ0) is 28.5. The van der Waals surface area contributed by atoms with E-state index < -0.39 is 23.4 Å². The second-order valence-corrected chi connectivity index (χ2v) is 10.2. The third-order valence-corrected chi connectivity index (χ3v) is 7.57. The number of hydrogen-bond acceptors (Lipinski definition) is 8. The Kier molecular flexibility index (Phi) is 7.82. The van der Waals surface area contributed by atoms with Crippen molar-refractivity contribution in [2.75, 3.05) is 57.3 Å². The largest absolute Gasteiger partial charge is 0.492 e. The van der Waals surface area contributed by atoms with Crippen molar-refractivity contribution >= 4 is 17.4 Å². The van der Waals surface area contributed by atoms with Gasteiger partial charge in [0.1, 0.15) is 24.0 Å². The number of amides is 1. The first kappa shape index (κ1) is 28.0. The molecule has 0 bridgehead atoms. The van der Waals surface area contributed by atoms with E-state index >= 15 is 4.39 Å². The number of rotatable bonds is 6. The van der Waals surface area contributed by atoms with Gasteiger partial charge in [0.2, 0.25) is 5.91 Å². The zero-order valence-corrected chi connectivity index (χ0v) is 22.1. The summed E-state index contributed by atoms with van der Waals surface area (Å²) in [6.45, 7) is 6.13. The van der Waals surface area contributed by atoms with Crippen molar-refractivity contribution in [2.45, 2.75) is 38.0 Å². The molecule has 40 heavy (non-hydrogen) atoms. The molecule has 2 aromatic heterocycles. The number of benzene rings is 1. The van der Waals surface area contributed by atoms with Gasteiger partial charge in [-0.15, -0.1) is 15.3 Å². The molecule has 0 saturated carbocycles. The lowest BCUT2D eigenvalue weighted by Gasteiger charge is -2.39. The summed E-state index contributed by atoms with van der Waals surface area (Å²) in [4.78, 5) is 17.4. The van der Waals surface area contributed by atoms with Crippen LogP contribution in [0.4, 0.5) is 23.4 Å². The molecule has 10 nitrogen and oxygen atoms in total. The summed E-state index contributed by atoms with van der Waals surface area (Å²) in [5.41, 5.74) is -1.32. The smallest absolute Gasteiger partial charge is 0.453 e. The van der Waals surface area contributed by atoms with E-state index in [0.29, 0.717) is 30.0 Å². The van der Waals surface area contributed by atoms with Crippen LogP contribution in [0.25, 0.3) is 5.65 Å². The van der Waals surface area contributed by atoms with Crippen LogP contribution in [-0.4, -0.2) is 93.0 Å². The minimum absolute atomic E-state index is 0.0278. The number of halogens is 4. The van der Waals surface area contributed by atoms with Crippen molar-refractivity contribution in [3.05, 3.63) is 47.5 Å². The first-order chi connectivity index (χ1) is 19.0. The van der Waals surface area contributed by atoms with Gasteiger partial charge in [-0.2, -0.15) is 17.7 Å². The van der Waals surface area contributed by atoms with E-state index in [1.165, 1.54) is 18.2 Å². The van der Waals surface area contributed by atoms with Crippen LogP contribution in [-0.2, 0) is 16.6 Å². The maximum absolute atomic E-state index is 15.1. The normalized spacial score (nSPS) is 18.6. The molecular formula is C26H31F4N7O3. The third-order valence-electron chi connectivity index (χ3n) is 7.57. The molecule has 3 aromatic rings. The van der Waals surface area contributed by atoms with Crippen molar-refractivity contribution in [1.29, 1.82) is 0 Å². The molecule has 4 heterocycles. The van der Waals surface area contributed by atoms with Gasteiger partial charge >= 0.3 is 6.18 Å². The van der Waals surface area contributed by atoms with Crippen LogP contribution in [0.15, 0.2) is 30.3 Å². The monoisotopic (exact) mass is 565 g/mol. The number of anilines is 1. The van der Waals surface area contributed by atoms with Crippen LogP contribution in [0.2, 0.25) is 0 Å². The van der Waals surface area contributed by atoms with Gasteiger partial charge < -0.3 is 19.6 Å². The molecule has 1 N–H and O–H groups in total. The Labute approximate surface area is 228 Å². The van der Waals surface area contributed by atoms with E-state index in [1.54, 1.807) is 24.0 Å². The molecule has 1 amide bonds. The van der Waals surface area contributed by atoms with E-state index in [2.05, 4.69) is 20.2 Å². The van der Waals surface area contributed by atoms with Crippen LogP contribution < -0.4 is 9.64 Å². The lowest BCUT2D eigenvalue weighted by molar-refractivity contribution is -0.146. The molecule has 5 rings (SSSR count). The van der Waals surface area contributed by atoms with Gasteiger partial charge in [-0.3, -0.25) is 9.69 Å². The number of aromatic nitrogens is 4. The average Bonchev–Trinajstić information content (AvgIpc) is 3.20. The SMILES string of the molecule is CC(=O)N1CCCN(CCOc2ccc(C3(O)CCN(c4ccc5nnc(C(F)(F)F)n5n4)CC3)c(F)c2)CC1. The quantitative estimate of drug-likeness (QED) is 0.456.